The number of carbonyl (C=O) groups excluding carboxylic acids is 2. The number of halogens is 1. The van der Waals surface area contributed by atoms with E-state index in [1.165, 1.54) is 23.5 Å². The van der Waals surface area contributed by atoms with E-state index in [0.29, 0.717) is 23.5 Å². The number of aryl methyl sites for hydroxylation is 1. The first-order valence-electron chi connectivity index (χ1n) is 9.61. The van der Waals surface area contributed by atoms with Crippen molar-refractivity contribution in [2.45, 2.75) is 12.8 Å². The SMILES string of the molecule is O=C1CCc2cc(-c3csc(NC(=O)c4ccc(-c5ccccc5F)o4)n3)ccc2N1. The van der Waals surface area contributed by atoms with Gasteiger partial charge in [0, 0.05) is 23.1 Å². The van der Waals surface area contributed by atoms with Crippen molar-refractivity contribution in [3.63, 3.8) is 0 Å². The zero-order valence-corrected chi connectivity index (χ0v) is 17.0. The number of anilines is 2. The van der Waals surface area contributed by atoms with Gasteiger partial charge in [0.25, 0.3) is 5.91 Å². The maximum Gasteiger partial charge on any atom is 0.293 e. The van der Waals surface area contributed by atoms with Gasteiger partial charge in [0.15, 0.2) is 10.9 Å². The Morgan fingerprint density at radius 1 is 1.13 bits per heavy atom. The van der Waals surface area contributed by atoms with Crippen LogP contribution in [0.3, 0.4) is 0 Å². The molecule has 0 unspecified atom stereocenters. The Kier molecular flexibility index (Phi) is 4.83. The predicted octanol–water partition coefficient (Wildman–Crippen LogP) is 5.35. The summed E-state index contributed by atoms with van der Waals surface area (Å²) < 4.78 is 19.5. The average Bonchev–Trinajstić information content (AvgIpc) is 3.44. The molecule has 3 heterocycles. The molecule has 8 heteroatoms. The van der Waals surface area contributed by atoms with Crippen LogP contribution in [-0.2, 0) is 11.2 Å². The van der Waals surface area contributed by atoms with Gasteiger partial charge in [-0.2, -0.15) is 0 Å². The molecule has 0 fully saturated rings. The summed E-state index contributed by atoms with van der Waals surface area (Å²) in [6.07, 6.45) is 1.15. The Balaban J connectivity index is 1.32. The molecule has 0 radical (unpaired) electrons. The third-order valence-corrected chi connectivity index (χ3v) is 5.75. The number of nitrogens with one attached hydrogen (secondary N) is 2. The van der Waals surface area contributed by atoms with Gasteiger partial charge in [0.05, 0.1) is 11.3 Å². The summed E-state index contributed by atoms with van der Waals surface area (Å²) in [6.45, 7) is 0. The van der Waals surface area contributed by atoms with E-state index in [4.69, 9.17) is 4.42 Å². The van der Waals surface area contributed by atoms with Crippen LogP contribution in [0.5, 0.6) is 0 Å². The van der Waals surface area contributed by atoms with E-state index in [-0.39, 0.29) is 17.4 Å². The summed E-state index contributed by atoms with van der Waals surface area (Å²) >= 11 is 1.30. The first-order valence-corrected chi connectivity index (χ1v) is 10.5. The molecule has 154 valence electrons. The Labute approximate surface area is 180 Å². The molecule has 0 atom stereocenters. The lowest BCUT2D eigenvalue weighted by molar-refractivity contribution is -0.116. The van der Waals surface area contributed by atoms with Crippen LogP contribution in [0.2, 0.25) is 0 Å². The van der Waals surface area contributed by atoms with Gasteiger partial charge in [-0.1, -0.05) is 18.2 Å². The fourth-order valence-electron chi connectivity index (χ4n) is 3.43. The van der Waals surface area contributed by atoms with Gasteiger partial charge in [0.2, 0.25) is 5.91 Å². The van der Waals surface area contributed by atoms with E-state index in [1.54, 1.807) is 24.3 Å². The standard InChI is InChI=1S/C23H16FN3O3S/c24-16-4-2-1-3-15(16)19-8-9-20(30-19)22(29)27-23-26-18(12-31-23)14-5-7-17-13(11-14)6-10-21(28)25-17/h1-5,7-9,11-12H,6,10H2,(H,25,28)(H,26,27,29). The molecule has 0 saturated carbocycles. The first kappa shape index (κ1) is 19.2. The van der Waals surface area contributed by atoms with Gasteiger partial charge in [-0.3, -0.25) is 14.9 Å². The van der Waals surface area contributed by atoms with Crippen LogP contribution >= 0.6 is 11.3 Å². The second-order valence-electron chi connectivity index (χ2n) is 7.06. The van der Waals surface area contributed by atoms with Crippen molar-refractivity contribution in [3.8, 4) is 22.6 Å². The number of furan rings is 1. The van der Waals surface area contributed by atoms with Crippen molar-refractivity contribution >= 4 is 34.0 Å². The number of amides is 2. The summed E-state index contributed by atoms with van der Waals surface area (Å²) in [5.74, 6) is -0.506. The second kappa shape index (κ2) is 7.81. The molecule has 6 nitrogen and oxygen atoms in total. The van der Waals surface area contributed by atoms with Crippen LogP contribution in [0.15, 0.2) is 64.4 Å². The lowest BCUT2D eigenvalue weighted by Crippen LogP contribution is -2.18. The highest BCUT2D eigenvalue weighted by atomic mass is 32.1. The molecule has 2 amide bonds. The first-order chi connectivity index (χ1) is 15.1. The molecule has 5 rings (SSSR count). The molecular formula is C23H16FN3O3S. The smallest absolute Gasteiger partial charge is 0.293 e. The van der Waals surface area contributed by atoms with Crippen molar-refractivity contribution < 1.29 is 18.4 Å². The maximum atomic E-state index is 13.9. The minimum Gasteiger partial charge on any atom is -0.451 e. The van der Waals surface area contributed by atoms with E-state index < -0.39 is 11.7 Å². The van der Waals surface area contributed by atoms with Crippen molar-refractivity contribution in [2.75, 3.05) is 10.6 Å². The lowest BCUT2D eigenvalue weighted by Gasteiger charge is -2.17. The van der Waals surface area contributed by atoms with Crippen LogP contribution in [0, 0.1) is 5.82 Å². The lowest BCUT2D eigenvalue weighted by atomic mass is 9.99. The number of thiazole rings is 1. The molecule has 2 aromatic carbocycles. The number of hydrogen-bond acceptors (Lipinski definition) is 5. The van der Waals surface area contributed by atoms with Crippen molar-refractivity contribution in [3.05, 3.63) is 77.1 Å². The van der Waals surface area contributed by atoms with Crippen LogP contribution in [0.25, 0.3) is 22.6 Å². The van der Waals surface area contributed by atoms with Crippen LogP contribution in [0.1, 0.15) is 22.5 Å². The number of fused-ring (bicyclic) bond motifs is 1. The molecule has 0 aliphatic carbocycles. The van der Waals surface area contributed by atoms with Gasteiger partial charge in [0.1, 0.15) is 11.6 Å². The quantitative estimate of drug-likeness (QED) is 0.455. The minimum atomic E-state index is -0.461. The van der Waals surface area contributed by atoms with Crippen LogP contribution in [0.4, 0.5) is 15.2 Å². The number of hydrogen-bond donors (Lipinski definition) is 2. The molecule has 4 aromatic rings. The van der Waals surface area contributed by atoms with Crippen molar-refractivity contribution in [1.82, 2.24) is 4.98 Å². The fraction of sp³-hybridized carbons (Fsp3) is 0.0870. The third kappa shape index (κ3) is 3.85. The second-order valence-corrected chi connectivity index (χ2v) is 7.91. The van der Waals surface area contributed by atoms with E-state index in [0.717, 1.165) is 22.5 Å². The van der Waals surface area contributed by atoms with E-state index in [2.05, 4.69) is 15.6 Å². The highest BCUT2D eigenvalue weighted by Gasteiger charge is 2.18. The highest BCUT2D eigenvalue weighted by Crippen LogP contribution is 2.31. The number of benzene rings is 2. The molecule has 0 spiro atoms. The predicted molar refractivity (Wildman–Crippen MR) is 117 cm³/mol. The number of rotatable bonds is 4. The monoisotopic (exact) mass is 433 g/mol. The van der Waals surface area contributed by atoms with E-state index in [1.807, 2.05) is 23.6 Å². The van der Waals surface area contributed by atoms with E-state index >= 15 is 0 Å². The van der Waals surface area contributed by atoms with Gasteiger partial charge in [-0.15, -0.1) is 11.3 Å². The van der Waals surface area contributed by atoms with Gasteiger partial charge in [-0.05, 0) is 48.4 Å². The third-order valence-electron chi connectivity index (χ3n) is 4.99. The van der Waals surface area contributed by atoms with Gasteiger partial charge >= 0.3 is 0 Å². The largest absolute Gasteiger partial charge is 0.451 e. The number of nitrogens with zero attached hydrogens (tertiary/aromatic N) is 1. The Morgan fingerprint density at radius 2 is 2.00 bits per heavy atom. The molecule has 2 N–H and O–H groups in total. The normalized spacial score (nSPS) is 12.9. The highest BCUT2D eigenvalue weighted by molar-refractivity contribution is 7.14. The summed E-state index contributed by atoms with van der Waals surface area (Å²) in [5, 5.41) is 7.86. The zero-order chi connectivity index (χ0) is 21.4. The van der Waals surface area contributed by atoms with Crippen molar-refractivity contribution in [1.29, 1.82) is 0 Å². The summed E-state index contributed by atoms with van der Waals surface area (Å²) in [6, 6.07) is 15.0. The van der Waals surface area contributed by atoms with Gasteiger partial charge in [-0.25, -0.2) is 9.37 Å². The van der Waals surface area contributed by atoms with Crippen LogP contribution in [-0.4, -0.2) is 16.8 Å². The molecule has 2 aromatic heterocycles. The topological polar surface area (TPSA) is 84.2 Å². The zero-order valence-electron chi connectivity index (χ0n) is 16.1. The fourth-order valence-corrected chi connectivity index (χ4v) is 4.15. The summed E-state index contributed by atoms with van der Waals surface area (Å²) in [5.41, 5.74) is 3.82. The molecule has 31 heavy (non-hydrogen) atoms. The summed E-state index contributed by atoms with van der Waals surface area (Å²) in [4.78, 5) is 28.5. The molecule has 1 aliphatic heterocycles. The number of carbonyl (C=O) groups is 2. The Hall–Kier alpha value is -3.78. The molecule has 1 aliphatic rings. The molecule has 0 bridgehead atoms. The maximum absolute atomic E-state index is 13.9. The average molecular weight is 433 g/mol. The van der Waals surface area contributed by atoms with Crippen LogP contribution < -0.4 is 10.6 Å². The van der Waals surface area contributed by atoms with Gasteiger partial charge < -0.3 is 9.73 Å². The molecular weight excluding hydrogens is 417 g/mol. The minimum absolute atomic E-state index is 0.0231. The Bertz CT molecular complexity index is 1310. The number of aromatic nitrogens is 1. The summed E-state index contributed by atoms with van der Waals surface area (Å²) in [7, 11) is 0. The van der Waals surface area contributed by atoms with E-state index in [9.17, 15) is 14.0 Å². The Morgan fingerprint density at radius 3 is 2.87 bits per heavy atom. The molecule has 0 saturated heterocycles. The van der Waals surface area contributed by atoms with Crippen molar-refractivity contribution in [2.24, 2.45) is 0 Å².